The molecule has 0 fully saturated rings. The minimum Gasteiger partial charge on any atom is -0.378 e. The summed E-state index contributed by atoms with van der Waals surface area (Å²) in [5.74, 6) is 0.357. The van der Waals surface area contributed by atoms with Crippen LogP contribution in [0, 0.1) is 0 Å². The first-order chi connectivity index (χ1) is 33.0. The van der Waals surface area contributed by atoms with Gasteiger partial charge in [-0.3, -0.25) is 0 Å². The minimum atomic E-state index is -3.65. The Hall–Kier alpha value is -4.53. The Kier molecular flexibility index (Phi) is 15.1. The van der Waals surface area contributed by atoms with Gasteiger partial charge in [0.05, 0.1) is 22.6 Å². The summed E-state index contributed by atoms with van der Waals surface area (Å²) in [6, 6.07) is 22.3. The number of nitrogens with zero attached hydrogens (tertiary/aromatic N) is 5. The van der Waals surface area contributed by atoms with E-state index in [0.717, 1.165) is 64.1 Å². The maximum atomic E-state index is 13.7. The Morgan fingerprint density at radius 2 is 1.00 bits per heavy atom. The Morgan fingerprint density at radius 3 is 1.37 bits per heavy atom. The largest absolute Gasteiger partial charge is 0.378 e. The normalized spacial score (nSPS) is 17.6. The third-order valence-corrected chi connectivity index (χ3v) is 18.0. The summed E-state index contributed by atoms with van der Waals surface area (Å²) < 4.78 is 57.9. The van der Waals surface area contributed by atoms with Crippen LogP contribution in [0.3, 0.4) is 0 Å². The zero-order valence-electron chi connectivity index (χ0n) is 45.2. The maximum Gasteiger partial charge on any atom is 0.218 e. The van der Waals surface area contributed by atoms with Crippen molar-refractivity contribution in [3.05, 3.63) is 138 Å². The molecule has 0 unspecified atom stereocenters. The summed E-state index contributed by atoms with van der Waals surface area (Å²) in [5, 5.41) is 9.97. The molecule has 0 saturated heterocycles. The predicted octanol–water partition coefficient (Wildman–Crippen LogP) is 6.46. The van der Waals surface area contributed by atoms with Crippen LogP contribution >= 0.6 is 12.6 Å². The Morgan fingerprint density at radius 1 is 0.577 bits per heavy atom. The van der Waals surface area contributed by atoms with E-state index >= 15 is 0 Å². The molecule has 2 aliphatic heterocycles. The summed E-state index contributed by atoms with van der Waals surface area (Å²) in [4.78, 5) is 4.28. The number of fused-ring (bicyclic) bond motifs is 6. The summed E-state index contributed by atoms with van der Waals surface area (Å²) >= 11 is 4.35. The van der Waals surface area contributed by atoms with Gasteiger partial charge in [-0.05, 0) is 136 Å². The van der Waals surface area contributed by atoms with Crippen molar-refractivity contribution in [2.45, 2.75) is 111 Å². The van der Waals surface area contributed by atoms with E-state index in [1.807, 2.05) is 0 Å². The third kappa shape index (κ3) is 10.5. The number of thiol groups is 1. The zero-order chi connectivity index (χ0) is 52.4. The average molecular weight is 1020 g/mol. The van der Waals surface area contributed by atoms with E-state index < -0.39 is 20.0 Å². The molecule has 0 radical (unpaired) electrons. The highest BCUT2D eigenvalue weighted by atomic mass is 32.2. The number of benzene rings is 4. The van der Waals surface area contributed by atoms with Crippen LogP contribution in [0.15, 0.2) is 72.8 Å². The van der Waals surface area contributed by atoms with Gasteiger partial charge < -0.3 is 9.80 Å². The number of likely N-dealkylation sites (N-methyl/N-ethyl adjacent to an activating group) is 2. The minimum absolute atomic E-state index is 0.00341. The quantitative estimate of drug-likeness (QED) is 0.111. The molecule has 0 aromatic heterocycles. The van der Waals surface area contributed by atoms with Gasteiger partial charge in [0.1, 0.15) is 13.1 Å². The highest BCUT2D eigenvalue weighted by Crippen LogP contribution is 2.39. The van der Waals surface area contributed by atoms with E-state index in [1.54, 1.807) is 4.31 Å². The van der Waals surface area contributed by atoms with Crippen LogP contribution < -0.4 is 45.2 Å². The maximum absolute atomic E-state index is 13.7. The first-order valence-corrected chi connectivity index (χ1v) is 29.3. The Balaban J connectivity index is 0.000000213. The Labute approximate surface area is 431 Å². The molecule has 382 valence electrons. The van der Waals surface area contributed by atoms with Gasteiger partial charge in [0, 0.05) is 109 Å². The van der Waals surface area contributed by atoms with Gasteiger partial charge in [-0.25, -0.2) is 35.4 Å². The summed E-state index contributed by atoms with van der Waals surface area (Å²) in [6.45, 7) is 26.8. The predicted molar refractivity (Wildman–Crippen MR) is 304 cm³/mol. The van der Waals surface area contributed by atoms with Gasteiger partial charge in [-0.15, -0.1) is 0 Å². The van der Waals surface area contributed by atoms with E-state index in [-0.39, 0.29) is 33.4 Å². The lowest BCUT2D eigenvalue weighted by molar-refractivity contribution is 0.401. The van der Waals surface area contributed by atoms with E-state index in [2.05, 4.69) is 221 Å². The smallest absolute Gasteiger partial charge is 0.218 e. The van der Waals surface area contributed by atoms with Crippen molar-refractivity contribution < 1.29 is 16.8 Å². The molecule has 13 heteroatoms. The molecule has 4 aromatic rings. The number of primary sulfonamides is 1. The van der Waals surface area contributed by atoms with E-state index in [0.29, 0.717) is 18.8 Å². The molecule has 0 bridgehead atoms. The first-order valence-electron chi connectivity index (χ1n) is 25.3. The second-order valence-electron chi connectivity index (χ2n) is 22.5. The Bertz CT molecular complexity index is 3350. The van der Waals surface area contributed by atoms with Crippen molar-refractivity contribution in [3.8, 4) is 0 Å². The number of hydrogen-bond acceptors (Lipinski definition) is 7. The van der Waals surface area contributed by atoms with Crippen LogP contribution in [0.5, 0.6) is 0 Å². The number of unbranched alkanes of at least 4 members (excludes halogenated alkanes) is 1. The summed E-state index contributed by atoms with van der Waals surface area (Å²) in [6.07, 6.45) is 10.5. The molecule has 0 spiro atoms. The standard InChI is InChI=1S/C32H45N3O2S2.C26H34N3O2S/c1-9-11-14-34(15-16-38)39(36,37)22-25-21-31(3,4)35(10-2)30-20-29-24(18-27(25)30)17-23-12-13-26(33(7)8)19-28(23)32(29,5)6;1-8-29-24-14-23-18(12-21(24)19(15-25(29,2)3)16-32(27,30)31)11-17-9-10-20(28(6)7)13-22(17)26(23,4)5/h12-13,17-21H,9-11,14-16,22H2,1-8H3;9-15H,8,16H2,1-7H3,(H2,27,30,31)/q;+1/p+1. The van der Waals surface area contributed by atoms with Crippen LogP contribution in [0.4, 0.5) is 11.4 Å². The van der Waals surface area contributed by atoms with Crippen molar-refractivity contribution in [1.29, 1.82) is 0 Å². The number of hydrogen-bond donors (Lipinski definition) is 2. The van der Waals surface area contributed by atoms with Crippen LogP contribution in [0.2, 0.25) is 0 Å². The number of rotatable bonds is 14. The molecule has 0 saturated carbocycles. The van der Waals surface area contributed by atoms with E-state index in [1.165, 1.54) is 50.0 Å². The molecule has 2 aliphatic carbocycles. The molecule has 4 aliphatic rings. The average Bonchev–Trinajstić information content (AvgIpc) is 3.26. The van der Waals surface area contributed by atoms with Gasteiger partial charge in [0.15, 0.2) is 11.1 Å². The third-order valence-electron chi connectivity index (χ3n) is 15.3. The molecule has 71 heavy (non-hydrogen) atoms. The van der Waals surface area contributed by atoms with E-state index in [9.17, 15) is 16.8 Å². The highest BCUT2D eigenvalue weighted by Gasteiger charge is 2.40. The van der Waals surface area contributed by atoms with Gasteiger partial charge in [0.2, 0.25) is 30.8 Å². The summed E-state index contributed by atoms with van der Waals surface area (Å²) in [5.41, 5.74) is 12.6. The molecule has 0 amide bonds. The summed E-state index contributed by atoms with van der Waals surface area (Å²) in [7, 11) is 1.13. The highest BCUT2D eigenvalue weighted by molar-refractivity contribution is 7.89. The topological polar surface area (TPSA) is 110 Å². The van der Waals surface area contributed by atoms with Crippen molar-refractivity contribution >= 4 is 67.3 Å². The van der Waals surface area contributed by atoms with Crippen LogP contribution in [0.1, 0.15) is 134 Å². The fourth-order valence-electron chi connectivity index (χ4n) is 11.6. The fourth-order valence-corrected chi connectivity index (χ4v) is 14.3. The molecule has 4 aromatic carbocycles. The first kappa shape index (κ1) is 54.2. The monoisotopic (exact) mass is 1020 g/mol. The fraction of sp³-hybridized carbons (Fsp3) is 0.483. The number of sulfonamides is 2. The SMILES string of the molecule is CCCCN(CCS)S(=O)(=O)CC1=CC(C)(C)[N+](CC)=c2cc3c(cc21)=Cc1ccc(N(C)C)cc1C3(C)C.CC[N+]1=c2cc3c(cc2C(CS(N)(=O)=O)=CC1(C)C)=Cc1ccc(N(C)C)cc1C3(C)C. The molecule has 2 N–H and O–H groups in total. The second kappa shape index (κ2) is 19.7. The number of nitrogens with two attached hydrogens (primary N) is 1. The number of anilines is 2. The van der Waals surface area contributed by atoms with Crippen molar-refractivity contribution in [3.63, 3.8) is 0 Å². The second-order valence-corrected chi connectivity index (χ2v) is 26.5. The molecular weight excluding hydrogens is 941 g/mol. The van der Waals surface area contributed by atoms with Crippen LogP contribution in [-0.4, -0.2) is 104 Å². The van der Waals surface area contributed by atoms with Gasteiger partial charge in [-0.1, -0.05) is 53.2 Å². The van der Waals surface area contributed by atoms with Gasteiger partial charge >= 0.3 is 0 Å². The molecule has 2 heterocycles. The van der Waals surface area contributed by atoms with Gasteiger partial charge in [-0.2, -0.15) is 12.6 Å². The molecule has 0 atom stereocenters. The zero-order valence-corrected chi connectivity index (χ0v) is 47.7. The lowest BCUT2D eigenvalue weighted by Crippen LogP contribution is -2.51. The molecular formula is C58H80N6O4S3+2. The van der Waals surface area contributed by atoms with Gasteiger partial charge in [0.25, 0.3) is 0 Å². The van der Waals surface area contributed by atoms with Crippen molar-refractivity contribution in [2.75, 3.05) is 81.4 Å². The molecule has 8 rings (SSSR count). The lowest BCUT2D eigenvalue weighted by atomic mass is 9.71. The van der Waals surface area contributed by atoms with Crippen molar-refractivity contribution in [2.24, 2.45) is 5.14 Å². The lowest BCUT2D eigenvalue weighted by Gasteiger charge is -2.34. The van der Waals surface area contributed by atoms with Crippen LogP contribution in [0.25, 0.3) is 23.3 Å². The van der Waals surface area contributed by atoms with Crippen LogP contribution in [-0.2, 0) is 30.9 Å². The van der Waals surface area contributed by atoms with E-state index in [4.69, 9.17) is 5.14 Å². The van der Waals surface area contributed by atoms with Crippen molar-refractivity contribution in [1.82, 2.24) is 13.5 Å². The molecule has 10 nitrogen and oxygen atoms in total.